The van der Waals surface area contributed by atoms with E-state index in [1.165, 1.54) is 12.8 Å². The summed E-state index contributed by atoms with van der Waals surface area (Å²) in [5, 5.41) is 5.37. The van der Waals surface area contributed by atoms with E-state index in [4.69, 9.17) is 10.5 Å². The van der Waals surface area contributed by atoms with Gasteiger partial charge in [-0.25, -0.2) is 0 Å². The molecule has 1 aromatic rings. The van der Waals surface area contributed by atoms with Crippen molar-refractivity contribution in [2.75, 3.05) is 39.8 Å². The topological polar surface area (TPSA) is 96.7 Å². The molecule has 1 fully saturated rings. The van der Waals surface area contributed by atoms with Crippen LogP contribution in [0.1, 0.15) is 24.4 Å². The van der Waals surface area contributed by atoms with Crippen LogP contribution in [-0.4, -0.2) is 56.5 Å². The number of methoxy groups -OCH3 is 1. The highest BCUT2D eigenvalue weighted by atomic mass is 16.5. The molecule has 0 aromatic heterocycles. The lowest BCUT2D eigenvalue weighted by molar-refractivity contribution is -0.125. The summed E-state index contributed by atoms with van der Waals surface area (Å²) in [6, 6.07) is 8.05. The summed E-state index contributed by atoms with van der Waals surface area (Å²) in [4.78, 5) is 25.4. The third-order valence-corrected chi connectivity index (χ3v) is 4.21. The fourth-order valence-electron chi connectivity index (χ4n) is 2.86. The van der Waals surface area contributed by atoms with Crippen molar-refractivity contribution in [2.24, 2.45) is 5.73 Å². The summed E-state index contributed by atoms with van der Waals surface area (Å²) < 4.78 is 5.20. The van der Waals surface area contributed by atoms with Crippen molar-refractivity contribution < 1.29 is 14.3 Å². The summed E-state index contributed by atoms with van der Waals surface area (Å²) in [5.74, 6) is 0.262. The predicted octanol–water partition coefficient (Wildman–Crippen LogP) is 0.0232. The Morgan fingerprint density at radius 3 is 2.42 bits per heavy atom. The number of nitrogens with zero attached hydrogens (tertiary/aromatic N) is 1. The first-order chi connectivity index (χ1) is 11.6. The molecular weight excluding hydrogens is 308 g/mol. The molecule has 1 aromatic carbocycles. The molecule has 1 aliphatic heterocycles. The lowest BCUT2D eigenvalue weighted by Crippen LogP contribution is -2.42. The number of hydrogen-bond donors (Lipinski definition) is 3. The van der Waals surface area contributed by atoms with Crippen LogP contribution in [0.4, 0.5) is 0 Å². The Morgan fingerprint density at radius 2 is 1.83 bits per heavy atom. The molecule has 7 heteroatoms. The van der Waals surface area contributed by atoms with Gasteiger partial charge in [0.25, 0.3) is 0 Å². The molecular formula is C17H26N4O3. The third-order valence-electron chi connectivity index (χ3n) is 4.21. The van der Waals surface area contributed by atoms with E-state index in [2.05, 4.69) is 15.5 Å². The van der Waals surface area contributed by atoms with E-state index in [1.54, 1.807) is 7.11 Å². The number of hydrogen-bond acceptors (Lipinski definition) is 5. The van der Waals surface area contributed by atoms with E-state index < -0.39 is 0 Å². The maximum Gasteiger partial charge on any atom is 0.239 e. The monoisotopic (exact) mass is 334 g/mol. The van der Waals surface area contributed by atoms with Crippen molar-refractivity contribution in [3.63, 3.8) is 0 Å². The molecule has 0 radical (unpaired) electrons. The molecule has 0 bridgehead atoms. The first-order valence-corrected chi connectivity index (χ1v) is 8.25. The first kappa shape index (κ1) is 18.2. The van der Waals surface area contributed by atoms with Gasteiger partial charge in [0.15, 0.2) is 0 Å². The summed E-state index contributed by atoms with van der Waals surface area (Å²) in [6.07, 6.45) is 2.35. The highest BCUT2D eigenvalue weighted by Gasteiger charge is 2.24. The third kappa shape index (κ3) is 5.21. The Morgan fingerprint density at radius 1 is 1.17 bits per heavy atom. The summed E-state index contributed by atoms with van der Waals surface area (Å²) in [7, 11) is 1.64. The maximum atomic E-state index is 11.9. The lowest BCUT2D eigenvalue weighted by Gasteiger charge is -2.28. The van der Waals surface area contributed by atoms with Crippen molar-refractivity contribution >= 4 is 11.8 Å². The largest absolute Gasteiger partial charge is 0.497 e. The van der Waals surface area contributed by atoms with E-state index >= 15 is 0 Å². The molecule has 1 heterocycles. The second-order valence-electron chi connectivity index (χ2n) is 5.82. The highest BCUT2D eigenvalue weighted by Crippen LogP contribution is 2.26. The number of benzene rings is 1. The molecule has 1 atom stereocenters. The standard InChI is InChI=1S/C17H26N4O3/c1-24-14-6-4-13(5-7-14)15(21-8-2-3-9-21)11-19-17(23)12-20-16(22)10-18/h4-7,15H,2-3,8-12,18H2,1H3,(H,19,23)(H,20,22). The average Bonchev–Trinajstić information content (AvgIpc) is 3.14. The average molecular weight is 334 g/mol. The minimum Gasteiger partial charge on any atom is -0.497 e. The molecule has 1 unspecified atom stereocenters. The smallest absolute Gasteiger partial charge is 0.239 e. The second kappa shape index (κ2) is 9.24. The van der Waals surface area contributed by atoms with Crippen LogP contribution >= 0.6 is 0 Å². The van der Waals surface area contributed by atoms with E-state index in [9.17, 15) is 9.59 Å². The zero-order valence-electron chi connectivity index (χ0n) is 14.1. The van der Waals surface area contributed by atoms with E-state index in [0.717, 1.165) is 24.4 Å². The van der Waals surface area contributed by atoms with Crippen molar-refractivity contribution in [1.82, 2.24) is 15.5 Å². The zero-order chi connectivity index (χ0) is 17.4. The summed E-state index contributed by atoms with van der Waals surface area (Å²) in [5.41, 5.74) is 6.34. The van der Waals surface area contributed by atoms with Crippen molar-refractivity contribution in [1.29, 1.82) is 0 Å². The minimum atomic E-state index is -0.337. The number of rotatable bonds is 8. The Hall–Kier alpha value is -2.12. The van der Waals surface area contributed by atoms with Crippen LogP contribution in [0.25, 0.3) is 0 Å². The quantitative estimate of drug-likeness (QED) is 0.623. The number of amides is 2. The zero-order valence-corrected chi connectivity index (χ0v) is 14.1. The van der Waals surface area contributed by atoms with Gasteiger partial charge >= 0.3 is 0 Å². The van der Waals surface area contributed by atoms with Gasteiger partial charge in [0, 0.05) is 6.54 Å². The van der Waals surface area contributed by atoms with Gasteiger partial charge in [-0.2, -0.15) is 0 Å². The number of carbonyl (C=O) groups is 2. The van der Waals surface area contributed by atoms with Gasteiger partial charge in [-0.1, -0.05) is 12.1 Å². The van der Waals surface area contributed by atoms with Crippen LogP contribution in [0, 0.1) is 0 Å². The molecule has 1 saturated heterocycles. The van der Waals surface area contributed by atoms with Crippen LogP contribution in [0.5, 0.6) is 5.75 Å². The molecule has 7 nitrogen and oxygen atoms in total. The second-order valence-corrected chi connectivity index (χ2v) is 5.82. The van der Waals surface area contributed by atoms with Gasteiger partial charge in [-0.05, 0) is 43.6 Å². The Bertz CT molecular complexity index is 541. The van der Waals surface area contributed by atoms with Crippen LogP contribution in [0.15, 0.2) is 24.3 Å². The molecule has 2 rings (SSSR count). The van der Waals surface area contributed by atoms with E-state index in [0.29, 0.717) is 6.54 Å². The highest BCUT2D eigenvalue weighted by molar-refractivity contribution is 5.85. The Kier molecular flexibility index (Phi) is 7.02. The van der Waals surface area contributed by atoms with Gasteiger partial charge in [0.2, 0.25) is 11.8 Å². The Labute approximate surface area is 142 Å². The fraction of sp³-hybridized carbons (Fsp3) is 0.529. The number of ether oxygens (including phenoxy) is 1. The summed E-state index contributed by atoms with van der Waals surface area (Å²) >= 11 is 0. The summed E-state index contributed by atoms with van der Waals surface area (Å²) in [6.45, 7) is 2.39. The first-order valence-electron chi connectivity index (χ1n) is 8.25. The lowest BCUT2D eigenvalue weighted by atomic mass is 10.1. The van der Waals surface area contributed by atoms with Gasteiger partial charge in [0.1, 0.15) is 5.75 Å². The molecule has 0 aliphatic carbocycles. The molecule has 1 aliphatic rings. The molecule has 132 valence electrons. The van der Waals surface area contributed by atoms with Gasteiger partial charge in [-0.15, -0.1) is 0 Å². The molecule has 0 saturated carbocycles. The molecule has 2 amide bonds. The minimum absolute atomic E-state index is 0.0502. The molecule has 4 N–H and O–H groups in total. The normalized spacial score (nSPS) is 15.8. The number of nitrogens with two attached hydrogens (primary N) is 1. The van der Waals surface area contributed by atoms with E-state index in [-0.39, 0.29) is 30.9 Å². The number of likely N-dealkylation sites (tertiary alicyclic amines) is 1. The van der Waals surface area contributed by atoms with Gasteiger partial charge < -0.3 is 21.1 Å². The van der Waals surface area contributed by atoms with Crippen molar-refractivity contribution in [3.8, 4) is 5.75 Å². The van der Waals surface area contributed by atoms with Crippen LogP contribution < -0.4 is 21.1 Å². The fourth-order valence-corrected chi connectivity index (χ4v) is 2.86. The SMILES string of the molecule is COc1ccc(C(CNC(=O)CNC(=O)CN)N2CCCC2)cc1. The van der Waals surface area contributed by atoms with Crippen molar-refractivity contribution in [2.45, 2.75) is 18.9 Å². The van der Waals surface area contributed by atoms with Crippen LogP contribution in [0.2, 0.25) is 0 Å². The Balaban J connectivity index is 1.95. The van der Waals surface area contributed by atoms with Crippen LogP contribution in [-0.2, 0) is 9.59 Å². The maximum absolute atomic E-state index is 11.9. The molecule has 24 heavy (non-hydrogen) atoms. The number of carbonyl (C=O) groups excluding carboxylic acids is 2. The van der Waals surface area contributed by atoms with E-state index in [1.807, 2.05) is 24.3 Å². The number of nitrogens with one attached hydrogen (secondary N) is 2. The van der Waals surface area contributed by atoms with Gasteiger partial charge in [-0.3, -0.25) is 14.5 Å². The van der Waals surface area contributed by atoms with Crippen molar-refractivity contribution in [3.05, 3.63) is 29.8 Å². The predicted molar refractivity (Wildman–Crippen MR) is 91.6 cm³/mol. The van der Waals surface area contributed by atoms with Crippen LogP contribution in [0.3, 0.4) is 0 Å². The molecule has 0 spiro atoms. The van der Waals surface area contributed by atoms with Gasteiger partial charge in [0.05, 0.1) is 26.2 Å².